The summed E-state index contributed by atoms with van der Waals surface area (Å²) in [5.74, 6) is -0.313. The second-order valence-electron chi connectivity index (χ2n) is 4.05. The molecule has 8 heteroatoms. The van der Waals surface area contributed by atoms with E-state index in [0.29, 0.717) is 5.69 Å². The topological polar surface area (TPSA) is 125 Å². The predicted octanol–water partition coefficient (Wildman–Crippen LogP) is 1.03. The van der Waals surface area contributed by atoms with Crippen LogP contribution in [0.5, 0.6) is 0 Å². The molecule has 0 saturated carbocycles. The number of aromatic nitrogens is 5. The zero-order chi connectivity index (χ0) is 13.9. The van der Waals surface area contributed by atoms with Gasteiger partial charge in [-0.2, -0.15) is 10.1 Å². The minimum atomic E-state index is -0.407. The van der Waals surface area contributed by atoms with E-state index in [9.17, 15) is 4.79 Å². The maximum absolute atomic E-state index is 11.9. The number of aromatic amines is 2. The maximum Gasteiger partial charge on any atom is 0.293 e. The third-order valence-electron chi connectivity index (χ3n) is 2.65. The van der Waals surface area contributed by atoms with Gasteiger partial charge in [-0.25, -0.2) is 0 Å². The molecule has 0 bridgehead atoms. The highest BCUT2D eigenvalue weighted by atomic mass is 16.2. The Morgan fingerprint density at radius 3 is 2.85 bits per heavy atom. The van der Waals surface area contributed by atoms with Crippen molar-refractivity contribution in [1.29, 1.82) is 0 Å². The van der Waals surface area contributed by atoms with E-state index in [2.05, 4.69) is 30.7 Å². The molecule has 0 radical (unpaired) electrons. The van der Waals surface area contributed by atoms with Gasteiger partial charge in [0.15, 0.2) is 0 Å². The summed E-state index contributed by atoms with van der Waals surface area (Å²) >= 11 is 0. The van der Waals surface area contributed by atoms with Gasteiger partial charge in [-0.3, -0.25) is 15.0 Å². The van der Waals surface area contributed by atoms with Crippen LogP contribution in [0.15, 0.2) is 36.5 Å². The average molecular weight is 269 g/mol. The summed E-state index contributed by atoms with van der Waals surface area (Å²) in [6.45, 7) is 0. The van der Waals surface area contributed by atoms with Gasteiger partial charge >= 0.3 is 0 Å². The highest BCUT2D eigenvalue weighted by Crippen LogP contribution is 2.20. The summed E-state index contributed by atoms with van der Waals surface area (Å²) < 4.78 is 0. The third-order valence-corrected chi connectivity index (χ3v) is 2.65. The lowest BCUT2D eigenvalue weighted by Crippen LogP contribution is -2.13. The van der Waals surface area contributed by atoms with E-state index < -0.39 is 5.91 Å². The number of amides is 1. The highest BCUT2D eigenvalue weighted by molar-refractivity contribution is 6.01. The molecular formula is C12H11N7O. The van der Waals surface area contributed by atoms with E-state index in [1.54, 1.807) is 12.3 Å². The van der Waals surface area contributed by atoms with Crippen molar-refractivity contribution < 1.29 is 4.79 Å². The number of hydrogen-bond acceptors (Lipinski definition) is 5. The van der Waals surface area contributed by atoms with Gasteiger partial charge in [0.2, 0.25) is 11.8 Å². The fraction of sp³-hybridized carbons (Fsp3) is 0. The van der Waals surface area contributed by atoms with Crippen LogP contribution in [-0.2, 0) is 0 Å². The van der Waals surface area contributed by atoms with Gasteiger partial charge in [0.25, 0.3) is 5.91 Å². The van der Waals surface area contributed by atoms with Crippen LogP contribution in [0, 0.1) is 0 Å². The van der Waals surface area contributed by atoms with Crippen LogP contribution in [0.1, 0.15) is 10.6 Å². The molecule has 1 amide bonds. The molecule has 3 aromatic rings. The lowest BCUT2D eigenvalue weighted by molar-refractivity contribution is 0.101. The Bertz CT molecular complexity index is 732. The molecule has 0 spiro atoms. The molecule has 8 nitrogen and oxygen atoms in total. The van der Waals surface area contributed by atoms with Gasteiger partial charge in [-0.05, 0) is 18.2 Å². The quantitative estimate of drug-likeness (QED) is 0.565. The lowest BCUT2D eigenvalue weighted by Gasteiger charge is -2.04. The van der Waals surface area contributed by atoms with Crippen molar-refractivity contribution >= 4 is 17.5 Å². The number of hydrogen-bond donors (Lipinski definition) is 4. The molecule has 0 unspecified atom stereocenters. The minimum Gasteiger partial charge on any atom is -0.366 e. The number of nitrogens with zero attached hydrogens (tertiary/aromatic N) is 3. The van der Waals surface area contributed by atoms with E-state index in [0.717, 1.165) is 11.3 Å². The average Bonchev–Trinajstić information content (AvgIpc) is 3.10. The minimum absolute atomic E-state index is 0.0290. The number of nitrogen functional groups attached to an aromatic ring is 1. The van der Waals surface area contributed by atoms with Gasteiger partial charge in [-0.15, -0.1) is 5.10 Å². The summed E-state index contributed by atoms with van der Waals surface area (Å²) in [5.41, 5.74) is 7.77. The van der Waals surface area contributed by atoms with Crippen LogP contribution in [0.3, 0.4) is 0 Å². The van der Waals surface area contributed by atoms with Crippen molar-refractivity contribution in [3.8, 4) is 11.3 Å². The lowest BCUT2D eigenvalue weighted by atomic mass is 10.1. The second kappa shape index (κ2) is 4.84. The van der Waals surface area contributed by atoms with Gasteiger partial charge in [-0.1, -0.05) is 12.1 Å². The fourth-order valence-electron chi connectivity index (χ4n) is 1.75. The Morgan fingerprint density at radius 2 is 2.15 bits per heavy atom. The Balaban J connectivity index is 1.81. The van der Waals surface area contributed by atoms with E-state index in [1.165, 1.54) is 0 Å². The van der Waals surface area contributed by atoms with Crippen molar-refractivity contribution in [2.75, 3.05) is 11.1 Å². The standard InChI is InChI=1S/C12H11N7O/c13-12-16-10(18-19-12)11(20)15-8-3-1-2-7(6-8)9-4-5-14-17-9/h1-6H,(H,14,17)(H,15,20)(H3,13,16,18,19). The van der Waals surface area contributed by atoms with Crippen molar-refractivity contribution in [2.45, 2.75) is 0 Å². The van der Waals surface area contributed by atoms with Crippen molar-refractivity contribution in [1.82, 2.24) is 25.4 Å². The maximum atomic E-state index is 11.9. The first-order valence-electron chi connectivity index (χ1n) is 5.81. The van der Waals surface area contributed by atoms with Crippen LogP contribution in [0.2, 0.25) is 0 Å². The van der Waals surface area contributed by atoms with E-state index in [-0.39, 0.29) is 11.8 Å². The molecule has 0 atom stereocenters. The zero-order valence-electron chi connectivity index (χ0n) is 10.3. The Kier molecular flexibility index (Phi) is 2.88. The summed E-state index contributed by atoms with van der Waals surface area (Å²) in [7, 11) is 0. The molecule has 2 heterocycles. The predicted molar refractivity (Wildman–Crippen MR) is 72.8 cm³/mol. The van der Waals surface area contributed by atoms with Crippen molar-refractivity contribution in [3.05, 3.63) is 42.4 Å². The summed E-state index contributed by atoms with van der Waals surface area (Å²) in [6, 6.07) is 9.19. The molecule has 0 aliphatic carbocycles. The fourth-order valence-corrected chi connectivity index (χ4v) is 1.75. The Labute approximate surface area is 113 Å². The first kappa shape index (κ1) is 11.9. The van der Waals surface area contributed by atoms with Crippen molar-refractivity contribution in [2.24, 2.45) is 0 Å². The zero-order valence-corrected chi connectivity index (χ0v) is 10.3. The number of carbonyl (C=O) groups is 1. The molecule has 0 aliphatic heterocycles. The number of carbonyl (C=O) groups excluding carboxylic acids is 1. The van der Waals surface area contributed by atoms with Gasteiger partial charge in [0.1, 0.15) is 0 Å². The molecule has 3 rings (SSSR count). The molecule has 2 aromatic heterocycles. The number of nitrogens with two attached hydrogens (primary N) is 1. The molecule has 20 heavy (non-hydrogen) atoms. The second-order valence-corrected chi connectivity index (χ2v) is 4.05. The first-order chi connectivity index (χ1) is 9.72. The molecule has 5 N–H and O–H groups in total. The SMILES string of the molecule is Nc1n[nH]c(C(=O)Nc2cccc(-c3ccn[nH]3)c2)n1. The van der Waals surface area contributed by atoms with Gasteiger partial charge in [0.05, 0.1) is 5.69 Å². The molecular weight excluding hydrogens is 258 g/mol. The summed E-state index contributed by atoms with van der Waals surface area (Å²) in [4.78, 5) is 15.7. The number of rotatable bonds is 3. The van der Waals surface area contributed by atoms with Crippen molar-refractivity contribution in [3.63, 3.8) is 0 Å². The van der Waals surface area contributed by atoms with E-state index in [4.69, 9.17) is 5.73 Å². The third kappa shape index (κ3) is 2.34. The van der Waals surface area contributed by atoms with Crippen LogP contribution in [-0.4, -0.2) is 31.3 Å². The number of H-pyrrole nitrogens is 2. The van der Waals surface area contributed by atoms with Gasteiger partial charge < -0.3 is 11.1 Å². The molecule has 0 fully saturated rings. The van der Waals surface area contributed by atoms with Crippen LogP contribution in [0.25, 0.3) is 11.3 Å². The van der Waals surface area contributed by atoms with E-state index >= 15 is 0 Å². The highest BCUT2D eigenvalue weighted by Gasteiger charge is 2.11. The Morgan fingerprint density at radius 1 is 1.25 bits per heavy atom. The van der Waals surface area contributed by atoms with Crippen LogP contribution < -0.4 is 11.1 Å². The largest absolute Gasteiger partial charge is 0.366 e. The first-order valence-corrected chi connectivity index (χ1v) is 5.81. The number of benzene rings is 1. The molecule has 0 aliphatic rings. The Hall–Kier alpha value is -3.16. The number of nitrogens with one attached hydrogen (secondary N) is 3. The monoisotopic (exact) mass is 269 g/mol. The molecule has 0 saturated heterocycles. The molecule has 1 aromatic carbocycles. The van der Waals surface area contributed by atoms with Gasteiger partial charge in [0, 0.05) is 17.4 Å². The van der Waals surface area contributed by atoms with Crippen LogP contribution in [0.4, 0.5) is 11.6 Å². The van der Waals surface area contributed by atoms with E-state index in [1.807, 2.05) is 24.3 Å². The summed E-state index contributed by atoms with van der Waals surface area (Å²) in [5, 5.41) is 15.5. The normalized spacial score (nSPS) is 10.4. The number of anilines is 2. The summed E-state index contributed by atoms with van der Waals surface area (Å²) in [6.07, 6.45) is 1.66. The smallest absolute Gasteiger partial charge is 0.293 e. The molecule has 100 valence electrons. The van der Waals surface area contributed by atoms with Crippen LogP contribution >= 0.6 is 0 Å².